The van der Waals surface area contributed by atoms with Gasteiger partial charge in [-0.25, -0.2) is 9.59 Å². The average molecular weight is 368 g/mol. The van der Waals surface area contributed by atoms with Crippen molar-refractivity contribution in [1.82, 2.24) is 10.6 Å². The van der Waals surface area contributed by atoms with E-state index < -0.39 is 24.5 Å². The van der Waals surface area contributed by atoms with Gasteiger partial charge in [0.2, 0.25) is 0 Å². The standard InChI is InChI=1S/C20H20N2O5/c23-18(22-20(25)21-15-10-11-15)13-27-19(24)16-8-4-5-9-17(16)26-12-14-6-2-1-3-7-14/h1-9,15H,10-13H2,(H2,21,22,23,25). The van der Waals surface area contributed by atoms with E-state index in [2.05, 4.69) is 10.6 Å². The molecule has 1 fully saturated rings. The molecule has 27 heavy (non-hydrogen) atoms. The second-order valence-corrected chi connectivity index (χ2v) is 6.14. The minimum absolute atomic E-state index is 0.133. The largest absolute Gasteiger partial charge is 0.488 e. The lowest BCUT2D eigenvalue weighted by Gasteiger charge is -2.11. The molecule has 0 spiro atoms. The van der Waals surface area contributed by atoms with Gasteiger partial charge in [-0.3, -0.25) is 10.1 Å². The molecule has 7 heteroatoms. The summed E-state index contributed by atoms with van der Waals surface area (Å²) in [6.07, 6.45) is 1.83. The fourth-order valence-corrected chi connectivity index (χ4v) is 2.32. The summed E-state index contributed by atoms with van der Waals surface area (Å²) in [5.74, 6) is -1.03. The molecule has 7 nitrogen and oxygen atoms in total. The Balaban J connectivity index is 1.51. The number of ether oxygens (including phenoxy) is 2. The summed E-state index contributed by atoms with van der Waals surface area (Å²) >= 11 is 0. The van der Waals surface area contributed by atoms with Gasteiger partial charge in [-0.1, -0.05) is 42.5 Å². The average Bonchev–Trinajstić information content (AvgIpc) is 3.49. The van der Waals surface area contributed by atoms with E-state index in [1.807, 2.05) is 30.3 Å². The molecule has 2 aromatic rings. The molecule has 0 heterocycles. The third-order valence-electron chi connectivity index (χ3n) is 3.84. The zero-order chi connectivity index (χ0) is 19.1. The van der Waals surface area contributed by atoms with Crippen LogP contribution >= 0.6 is 0 Å². The Morgan fingerprint density at radius 1 is 0.963 bits per heavy atom. The van der Waals surface area contributed by atoms with Crippen LogP contribution in [0.3, 0.4) is 0 Å². The van der Waals surface area contributed by atoms with Crippen LogP contribution in [0.1, 0.15) is 28.8 Å². The first-order valence-corrected chi connectivity index (χ1v) is 8.65. The van der Waals surface area contributed by atoms with Crippen LogP contribution in [0, 0.1) is 0 Å². The molecule has 1 aliphatic rings. The Kier molecular flexibility index (Phi) is 6.04. The normalized spacial score (nSPS) is 12.7. The maximum atomic E-state index is 12.3. The molecule has 2 aromatic carbocycles. The fourth-order valence-electron chi connectivity index (χ4n) is 2.32. The quantitative estimate of drug-likeness (QED) is 0.732. The molecule has 0 aromatic heterocycles. The van der Waals surface area contributed by atoms with Crippen molar-refractivity contribution >= 4 is 17.9 Å². The number of carbonyl (C=O) groups is 3. The van der Waals surface area contributed by atoms with Crippen molar-refractivity contribution in [2.24, 2.45) is 0 Å². The van der Waals surface area contributed by atoms with Gasteiger partial charge >= 0.3 is 12.0 Å². The second-order valence-electron chi connectivity index (χ2n) is 6.14. The van der Waals surface area contributed by atoms with Crippen LogP contribution in [-0.4, -0.2) is 30.6 Å². The van der Waals surface area contributed by atoms with E-state index in [4.69, 9.17) is 9.47 Å². The monoisotopic (exact) mass is 368 g/mol. The molecular formula is C20H20N2O5. The molecule has 1 saturated carbocycles. The van der Waals surface area contributed by atoms with Gasteiger partial charge in [-0.2, -0.15) is 0 Å². The van der Waals surface area contributed by atoms with Crippen LogP contribution < -0.4 is 15.4 Å². The van der Waals surface area contributed by atoms with E-state index >= 15 is 0 Å². The molecule has 0 unspecified atom stereocenters. The van der Waals surface area contributed by atoms with E-state index in [0.717, 1.165) is 18.4 Å². The molecule has 0 saturated heterocycles. The highest BCUT2D eigenvalue weighted by Gasteiger charge is 2.24. The number of rotatable bonds is 7. The fraction of sp³-hybridized carbons (Fsp3) is 0.250. The summed E-state index contributed by atoms with van der Waals surface area (Å²) in [7, 11) is 0. The molecule has 3 rings (SSSR count). The highest BCUT2D eigenvalue weighted by Crippen LogP contribution is 2.20. The Bertz CT molecular complexity index is 818. The molecule has 0 aliphatic heterocycles. The van der Waals surface area contributed by atoms with Crippen LogP contribution in [0.25, 0.3) is 0 Å². The predicted molar refractivity (Wildman–Crippen MR) is 97.2 cm³/mol. The number of hydrogen-bond donors (Lipinski definition) is 2. The van der Waals surface area contributed by atoms with Gasteiger partial charge < -0.3 is 14.8 Å². The second kappa shape index (κ2) is 8.84. The summed E-state index contributed by atoms with van der Waals surface area (Å²) in [6.45, 7) is -0.253. The first kappa shape index (κ1) is 18.4. The zero-order valence-electron chi connectivity index (χ0n) is 14.6. The number of amides is 3. The first-order valence-electron chi connectivity index (χ1n) is 8.65. The smallest absolute Gasteiger partial charge is 0.342 e. The molecule has 1 aliphatic carbocycles. The van der Waals surface area contributed by atoms with Crippen molar-refractivity contribution in [3.8, 4) is 5.75 Å². The molecule has 3 amide bonds. The van der Waals surface area contributed by atoms with Crippen molar-refractivity contribution in [3.63, 3.8) is 0 Å². The van der Waals surface area contributed by atoms with Gasteiger partial charge in [0, 0.05) is 6.04 Å². The van der Waals surface area contributed by atoms with Crippen molar-refractivity contribution in [2.75, 3.05) is 6.61 Å². The van der Waals surface area contributed by atoms with Crippen LogP contribution in [0.4, 0.5) is 4.79 Å². The number of esters is 1. The number of urea groups is 1. The molecule has 0 radical (unpaired) electrons. The van der Waals surface area contributed by atoms with E-state index in [-0.39, 0.29) is 11.6 Å². The minimum Gasteiger partial charge on any atom is -0.488 e. The maximum absolute atomic E-state index is 12.3. The lowest BCUT2D eigenvalue weighted by atomic mass is 10.2. The van der Waals surface area contributed by atoms with Crippen LogP contribution in [0.5, 0.6) is 5.75 Å². The lowest BCUT2D eigenvalue weighted by molar-refractivity contribution is -0.123. The number of carbonyl (C=O) groups excluding carboxylic acids is 3. The molecule has 2 N–H and O–H groups in total. The van der Waals surface area contributed by atoms with Crippen molar-refractivity contribution < 1.29 is 23.9 Å². The van der Waals surface area contributed by atoms with E-state index in [0.29, 0.717) is 12.4 Å². The number of para-hydroxylation sites is 1. The Labute approximate surface area is 156 Å². The summed E-state index contributed by atoms with van der Waals surface area (Å²) in [5, 5.41) is 4.74. The third-order valence-corrected chi connectivity index (χ3v) is 3.84. The SMILES string of the molecule is O=C(COC(=O)c1ccccc1OCc1ccccc1)NC(=O)NC1CC1. The summed E-state index contributed by atoms with van der Waals surface area (Å²) in [4.78, 5) is 35.5. The number of imide groups is 1. The van der Waals surface area contributed by atoms with Crippen molar-refractivity contribution in [2.45, 2.75) is 25.5 Å². The third kappa shape index (κ3) is 5.85. The Hall–Kier alpha value is -3.35. The summed E-state index contributed by atoms with van der Waals surface area (Å²) < 4.78 is 10.7. The Morgan fingerprint density at radius 2 is 1.67 bits per heavy atom. The molecule has 140 valence electrons. The topological polar surface area (TPSA) is 93.7 Å². The lowest BCUT2D eigenvalue weighted by Crippen LogP contribution is -2.42. The van der Waals surface area contributed by atoms with E-state index in [1.54, 1.807) is 24.3 Å². The summed E-state index contributed by atoms with van der Waals surface area (Å²) in [6, 6.07) is 15.7. The van der Waals surface area contributed by atoms with Gasteiger partial charge in [0.25, 0.3) is 5.91 Å². The highest BCUT2D eigenvalue weighted by molar-refractivity contribution is 5.97. The highest BCUT2D eigenvalue weighted by atomic mass is 16.5. The number of nitrogens with one attached hydrogen (secondary N) is 2. The predicted octanol–water partition coefficient (Wildman–Crippen LogP) is 2.41. The molecular weight excluding hydrogens is 348 g/mol. The van der Waals surface area contributed by atoms with Gasteiger partial charge in [0.15, 0.2) is 6.61 Å². The van der Waals surface area contributed by atoms with Crippen LogP contribution in [0.15, 0.2) is 54.6 Å². The van der Waals surface area contributed by atoms with Gasteiger partial charge in [-0.15, -0.1) is 0 Å². The van der Waals surface area contributed by atoms with Crippen LogP contribution in [0.2, 0.25) is 0 Å². The molecule has 0 bridgehead atoms. The van der Waals surface area contributed by atoms with E-state index in [1.165, 1.54) is 0 Å². The number of benzene rings is 2. The molecule has 0 atom stereocenters. The number of hydrogen-bond acceptors (Lipinski definition) is 5. The van der Waals surface area contributed by atoms with Crippen molar-refractivity contribution in [3.05, 3.63) is 65.7 Å². The zero-order valence-corrected chi connectivity index (χ0v) is 14.6. The maximum Gasteiger partial charge on any atom is 0.342 e. The summed E-state index contributed by atoms with van der Waals surface area (Å²) in [5.41, 5.74) is 1.17. The Morgan fingerprint density at radius 3 is 2.41 bits per heavy atom. The van der Waals surface area contributed by atoms with Gasteiger partial charge in [0.05, 0.1) is 0 Å². The van der Waals surface area contributed by atoms with Gasteiger partial charge in [-0.05, 0) is 30.5 Å². The van der Waals surface area contributed by atoms with E-state index in [9.17, 15) is 14.4 Å². The minimum atomic E-state index is -0.698. The first-order chi connectivity index (χ1) is 13.1. The van der Waals surface area contributed by atoms with Gasteiger partial charge in [0.1, 0.15) is 17.9 Å². The van der Waals surface area contributed by atoms with Crippen molar-refractivity contribution in [1.29, 1.82) is 0 Å². The van der Waals surface area contributed by atoms with Crippen LogP contribution in [-0.2, 0) is 16.1 Å².